The van der Waals surface area contributed by atoms with Gasteiger partial charge in [-0.3, -0.25) is 9.59 Å². The van der Waals surface area contributed by atoms with Crippen LogP contribution in [0, 0.1) is 0 Å². The summed E-state index contributed by atoms with van der Waals surface area (Å²) in [6.07, 6.45) is 3.46. The predicted molar refractivity (Wildman–Crippen MR) is 88.1 cm³/mol. The van der Waals surface area contributed by atoms with Crippen LogP contribution in [0.25, 0.3) is 0 Å². The van der Waals surface area contributed by atoms with Crippen molar-refractivity contribution in [3.63, 3.8) is 0 Å². The first-order valence-corrected chi connectivity index (χ1v) is 8.14. The minimum Gasteiger partial charge on any atom is -0.483 e. The standard InChI is InChI=1S/C6H7NOS2.C4H9N.C2H6O.CH2O2/c1-3-6(9)10-5-2-4(8)7(3)5;1-2-4-5-3-1;1-2-3;2-1-3/h5,9H,2H2,1H3;5H,1-4H2;3H,2H2,1H3;1H,(H,2,3). The molecule has 21 heavy (non-hydrogen) atoms. The van der Waals surface area contributed by atoms with Crippen molar-refractivity contribution in [2.75, 3.05) is 19.7 Å². The van der Waals surface area contributed by atoms with Gasteiger partial charge < -0.3 is 20.4 Å². The van der Waals surface area contributed by atoms with Crippen molar-refractivity contribution in [1.29, 1.82) is 0 Å². The number of aliphatic hydroxyl groups is 1. The Morgan fingerprint density at radius 2 is 1.95 bits per heavy atom. The van der Waals surface area contributed by atoms with E-state index in [1.807, 2.05) is 11.8 Å². The average molecular weight is 336 g/mol. The van der Waals surface area contributed by atoms with Crippen LogP contribution in [0.15, 0.2) is 9.93 Å². The van der Waals surface area contributed by atoms with Crippen molar-refractivity contribution in [2.24, 2.45) is 0 Å². The van der Waals surface area contributed by atoms with Gasteiger partial charge in [-0.05, 0) is 39.8 Å². The summed E-state index contributed by atoms with van der Waals surface area (Å²) >= 11 is 5.91. The number of carboxylic acid groups (broad SMARTS) is 1. The lowest BCUT2D eigenvalue weighted by molar-refractivity contribution is -0.138. The number of thiol groups is 1. The van der Waals surface area contributed by atoms with Gasteiger partial charge in [-0.2, -0.15) is 0 Å². The van der Waals surface area contributed by atoms with Crippen LogP contribution in [0.5, 0.6) is 0 Å². The smallest absolute Gasteiger partial charge is 0.290 e. The highest BCUT2D eigenvalue weighted by atomic mass is 32.2. The number of carbonyl (C=O) groups is 2. The van der Waals surface area contributed by atoms with Crippen LogP contribution >= 0.6 is 24.4 Å². The maximum absolute atomic E-state index is 10.9. The lowest BCUT2D eigenvalue weighted by Crippen LogP contribution is -2.46. The van der Waals surface area contributed by atoms with E-state index in [0.29, 0.717) is 11.8 Å². The Bertz CT molecular complexity index is 352. The van der Waals surface area contributed by atoms with Crippen LogP contribution in [0.1, 0.15) is 33.1 Å². The molecule has 0 spiro atoms. The monoisotopic (exact) mass is 336 g/mol. The third-order valence-electron chi connectivity index (χ3n) is 2.78. The Kier molecular flexibility index (Phi) is 11.5. The van der Waals surface area contributed by atoms with Gasteiger partial charge in [-0.25, -0.2) is 0 Å². The molecule has 2 saturated heterocycles. The van der Waals surface area contributed by atoms with E-state index in [-0.39, 0.29) is 19.0 Å². The summed E-state index contributed by atoms with van der Waals surface area (Å²) in [5.41, 5.74) is 1.02. The molecule has 0 saturated carbocycles. The first kappa shape index (κ1) is 20.3. The number of fused-ring (bicyclic) bond motifs is 1. The maximum atomic E-state index is 10.9. The second-order valence-corrected chi connectivity index (χ2v) is 6.25. The number of allylic oxidation sites excluding steroid dienone is 1. The van der Waals surface area contributed by atoms with Crippen molar-refractivity contribution in [1.82, 2.24) is 10.2 Å². The van der Waals surface area contributed by atoms with E-state index >= 15 is 0 Å². The van der Waals surface area contributed by atoms with E-state index in [1.54, 1.807) is 18.7 Å². The Labute approximate surface area is 135 Å². The molecular formula is C13H24N2O4S2. The summed E-state index contributed by atoms with van der Waals surface area (Å²) in [6, 6.07) is 0. The fourth-order valence-corrected chi connectivity index (χ4v) is 3.43. The zero-order valence-corrected chi connectivity index (χ0v) is 14.1. The van der Waals surface area contributed by atoms with Gasteiger partial charge in [0.2, 0.25) is 5.91 Å². The fourth-order valence-electron chi connectivity index (χ4n) is 1.83. The summed E-state index contributed by atoms with van der Waals surface area (Å²) in [5, 5.41) is 18.1. The van der Waals surface area contributed by atoms with Crippen molar-refractivity contribution < 1.29 is 19.8 Å². The molecule has 122 valence electrons. The first-order chi connectivity index (χ1) is 10.0. The summed E-state index contributed by atoms with van der Waals surface area (Å²) in [5.74, 6) is 0.235. The molecule has 3 heterocycles. The van der Waals surface area contributed by atoms with Gasteiger partial charge in [-0.15, -0.1) is 12.6 Å². The fraction of sp³-hybridized carbons (Fsp3) is 0.692. The Balaban J connectivity index is 0.000000307. The number of carbonyl (C=O) groups excluding carboxylic acids is 1. The van der Waals surface area contributed by atoms with E-state index in [4.69, 9.17) is 15.0 Å². The largest absolute Gasteiger partial charge is 0.483 e. The Hall–Kier alpha value is -0.700. The SMILES string of the molecule is C1CCNC1.CC1=C(S)SC2CC(=O)N12.CCO.O=CO. The predicted octanol–water partition coefficient (Wildman–Crippen LogP) is 1.48. The molecule has 3 N–H and O–H groups in total. The number of β-lactam (4-membered cyclic amide) rings is 1. The van der Waals surface area contributed by atoms with Crippen molar-refractivity contribution >= 4 is 36.8 Å². The first-order valence-electron chi connectivity index (χ1n) is 6.81. The molecule has 3 rings (SSSR count). The van der Waals surface area contributed by atoms with Gasteiger partial charge in [0, 0.05) is 12.3 Å². The average Bonchev–Trinajstić information content (AvgIpc) is 3.04. The molecule has 3 aliphatic rings. The molecule has 0 aliphatic carbocycles. The number of aliphatic hydroxyl groups excluding tert-OH is 1. The lowest BCUT2D eigenvalue weighted by Gasteiger charge is -2.34. The molecule has 6 nitrogen and oxygen atoms in total. The number of hydrogen-bond acceptors (Lipinski definition) is 6. The molecule has 2 fully saturated rings. The molecule has 0 aromatic carbocycles. The molecule has 0 bridgehead atoms. The second kappa shape index (κ2) is 11.9. The van der Waals surface area contributed by atoms with Gasteiger partial charge in [0.05, 0.1) is 16.0 Å². The number of rotatable bonds is 0. The van der Waals surface area contributed by atoms with E-state index in [2.05, 4.69) is 17.9 Å². The normalized spacial score (nSPS) is 21.8. The van der Waals surface area contributed by atoms with Crippen LogP contribution in [0.2, 0.25) is 0 Å². The summed E-state index contributed by atoms with van der Waals surface area (Å²) in [4.78, 5) is 21.1. The molecule has 8 heteroatoms. The number of nitrogens with one attached hydrogen (secondary N) is 1. The van der Waals surface area contributed by atoms with Gasteiger partial charge in [0.15, 0.2) is 0 Å². The van der Waals surface area contributed by atoms with Gasteiger partial charge in [-0.1, -0.05) is 11.8 Å². The van der Waals surface area contributed by atoms with Crippen LogP contribution in [-0.4, -0.2) is 52.6 Å². The molecule has 1 atom stereocenters. The lowest BCUT2D eigenvalue weighted by atomic mass is 10.2. The minimum atomic E-state index is -0.250. The molecule has 1 unspecified atom stereocenters. The van der Waals surface area contributed by atoms with Crippen LogP contribution < -0.4 is 5.32 Å². The van der Waals surface area contributed by atoms with E-state index in [0.717, 1.165) is 9.93 Å². The van der Waals surface area contributed by atoms with Crippen molar-refractivity contribution in [3.05, 3.63) is 9.93 Å². The highest BCUT2D eigenvalue weighted by Crippen LogP contribution is 2.46. The molecular weight excluding hydrogens is 312 g/mol. The Morgan fingerprint density at radius 3 is 2.19 bits per heavy atom. The topological polar surface area (TPSA) is 89.9 Å². The van der Waals surface area contributed by atoms with E-state index in [1.165, 1.54) is 25.9 Å². The number of amides is 1. The second-order valence-electron chi connectivity index (χ2n) is 4.31. The van der Waals surface area contributed by atoms with E-state index in [9.17, 15) is 4.79 Å². The van der Waals surface area contributed by atoms with Crippen LogP contribution in [0.3, 0.4) is 0 Å². The highest BCUT2D eigenvalue weighted by Gasteiger charge is 2.43. The number of thioether (sulfide) groups is 1. The number of nitrogens with zero attached hydrogens (tertiary/aromatic N) is 1. The number of hydrogen-bond donors (Lipinski definition) is 4. The van der Waals surface area contributed by atoms with Crippen molar-refractivity contribution in [3.8, 4) is 0 Å². The quantitative estimate of drug-likeness (QED) is 0.304. The molecule has 0 aromatic rings. The van der Waals surface area contributed by atoms with Gasteiger partial charge >= 0.3 is 0 Å². The zero-order valence-electron chi connectivity index (χ0n) is 12.4. The third kappa shape index (κ3) is 7.21. The molecule has 0 aromatic heterocycles. The van der Waals surface area contributed by atoms with Crippen molar-refractivity contribution in [2.45, 2.75) is 38.5 Å². The van der Waals surface area contributed by atoms with Crippen LogP contribution in [-0.2, 0) is 9.59 Å². The highest BCUT2D eigenvalue weighted by molar-refractivity contribution is 8.16. The minimum absolute atomic E-state index is 0.235. The van der Waals surface area contributed by atoms with Gasteiger partial charge in [0.1, 0.15) is 0 Å². The molecule has 3 aliphatic heterocycles. The van der Waals surface area contributed by atoms with Crippen LogP contribution in [0.4, 0.5) is 0 Å². The zero-order chi connectivity index (χ0) is 16.3. The third-order valence-corrected chi connectivity index (χ3v) is 4.59. The molecule has 0 radical (unpaired) electrons. The van der Waals surface area contributed by atoms with Gasteiger partial charge in [0.25, 0.3) is 6.47 Å². The maximum Gasteiger partial charge on any atom is 0.290 e. The molecule has 1 amide bonds. The summed E-state index contributed by atoms with van der Waals surface area (Å²) in [6.45, 7) is 6.12. The summed E-state index contributed by atoms with van der Waals surface area (Å²) < 4.78 is 0.996. The Morgan fingerprint density at radius 1 is 1.48 bits per heavy atom. The van der Waals surface area contributed by atoms with E-state index < -0.39 is 0 Å². The summed E-state index contributed by atoms with van der Waals surface area (Å²) in [7, 11) is 0.